The average molecular weight is 240 g/mol. The Morgan fingerprint density at radius 2 is 2.19 bits per heavy atom. The van der Waals surface area contributed by atoms with Crippen LogP contribution in [0.3, 0.4) is 0 Å². The van der Waals surface area contributed by atoms with Gasteiger partial charge in [0.05, 0.1) is 6.10 Å². The smallest absolute Gasteiger partial charge is 0.392 e. The third kappa shape index (κ3) is 3.37. The highest BCUT2D eigenvalue weighted by Crippen LogP contribution is 2.15. The molecule has 1 aliphatic rings. The number of carbonyl (C=O) groups is 2. The normalized spacial score (nSPS) is 26.1. The molecule has 1 rings (SSSR count). The molecule has 3 N–H and O–H groups in total. The number of hydrogen-bond donors (Lipinski definition) is 3. The van der Waals surface area contributed by atoms with Gasteiger partial charge in [-0.05, 0) is 6.42 Å². The Hall–Kier alpha value is -1.31. The van der Waals surface area contributed by atoms with Crippen LogP contribution in [0.15, 0.2) is 0 Å². The molecule has 8 heteroatoms. The summed E-state index contributed by atoms with van der Waals surface area (Å²) < 4.78 is 35.4. The fourth-order valence-corrected chi connectivity index (χ4v) is 1.39. The first-order chi connectivity index (χ1) is 7.31. The zero-order valence-corrected chi connectivity index (χ0v) is 8.17. The second-order valence-corrected chi connectivity index (χ2v) is 3.46. The van der Waals surface area contributed by atoms with Crippen LogP contribution < -0.4 is 10.6 Å². The van der Waals surface area contributed by atoms with E-state index in [9.17, 15) is 27.9 Å². The van der Waals surface area contributed by atoms with Gasteiger partial charge in [0.2, 0.25) is 11.8 Å². The second-order valence-electron chi connectivity index (χ2n) is 3.46. The maximum Gasteiger partial charge on any atom is 0.405 e. The first kappa shape index (κ1) is 12.8. The molecular weight excluding hydrogens is 229 g/mol. The lowest BCUT2D eigenvalue weighted by atomic mass is 9.94. The summed E-state index contributed by atoms with van der Waals surface area (Å²) in [5.41, 5.74) is 0. The third-order valence-electron chi connectivity index (χ3n) is 2.15. The highest BCUT2D eigenvalue weighted by Gasteiger charge is 2.38. The van der Waals surface area contributed by atoms with Crippen molar-refractivity contribution >= 4 is 11.8 Å². The number of piperidine rings is 1. The van der Waals surface area contributed by atoms with Crippen molar-refractivity contribution in [3.63, 3.8) is 0 Å². The highest BCUT2D eigenvalue weighted by molar-refractivity contribution is 6.01. The summed E-state index contributed by atoms with van der Waals surface area (Å²) >= 11 is 0. The topological polar surface area (TPSA) is 78.4 Å². The van der Waals surface area contributed by atoms with Crippen molar-refractivity contribution in [1.29, 1.82) is 0 Å². The predicted molar refractivity (Wildman–Crippen MR) is 46.2 cm³/mol. The molecule has 0 saturated carbocycles. The molecule has 2 amide bonds. The Kier molecular flexibility index (Phi) is 3.74. The minimum atomic E-state index is -4.54. The van der Waals surface area contributed by atoms with Crippen LogP contribution in [0.25, 0.3) is 0 Å². The van der Waals surface area contributed by atoms with Gasteiger partial charge in [-0.25, -0.2) is 0 Å². The Bertz CT molecular complexity index is 293. The molecule has 2 unspecified atom stereocenters. The largest absolute Gasteiger partial charge is 0.405 e. The van der Waals surface area contributed by atoms with Crippen LogP contribution in [0.4, 0.5) is 13.2 Å². The van der Waals surface area contributed by atoms with E-state index in [2.05, 4.69) is 5.32 Å². The molecule has 0 spiro atoms. The van der Waals surface area contributed by atoms with Gasteiger partial charge in [0.25, 0.3) is 0 Å². The maximum absolute atomic E-state index is 11.8. The van der Waals surface area contributed by atoms with Crippen molar-refractivity contribution in [2.45, 2.75) is 18.7 Å². The Morgan fingerprint density at radius 3 is 2.69 bits per heavy atom. The summed E-state index contributed by atoms with van der Waals surface area (Å²) in [5.74, 6) is -3.32. The molecular formula is C8H11F3N2O3. The van der Waals surface area contributed by atoms with Gasteiger partial charge in [0.1, 0.15) is 12.5 Å². The molecule has 16 heavy (non-hydrogen) atoms. The van der Waals surface area contributed by atoms with Gasteiger partial charge in [-0.2, -0.15) is 13.2 Å². The summed E-state index contributed by atoms with van der Waals surface area (Å²) in [6.07, 6.45) is -5.62. The molecule has 2 atom stereocenters. The standard InChI is InChI=1S/C8H11F3N2O3/c9-8(10,11)3-13-7(16)5-4(14)1-2-12-6(5)15/h4-5,14H,1-3H2,(H,12,15)(H,13,16). The van der Waals surface area contributed by atoms with Crippen LogP contribution in [-0.4, -0.2) is 42.3 Å². The Morgan fingerprint density at radius 1 is 1.56 bits per heavy atom. The van der Waals surface area contributed by atoms with E-state index in [4.69, 9.17) is 0 Å². The molecule has 1 saturated heterocycles. The minimum Gasteiger partial charge on any atom is -0.392 e. The number of carbonyl (C=O) groups excluding carboxylic acids is 2. The van der Waals surface area contributed by atoms with E-state index in [1.807, 2.05) is 0 Å². The van der Waals surface area contributed by atoms with Crippen molar-refractivity contribution in [3.05, 3.63) is 0 Å². The van der Waals surface area contributed by atoms with E-state index in [-0.39, 0.29) is 13.0 Å². The lowest BCUT2D eigenvalue weighted by Crippen LogP contribution is -2.53. The zero-order valence-electron chi connectivity index (χ0n) is 8.17. The van der Waals surface area contributed by atoms with Crippen LogP contribution >= 0.6 is 0 Å². The molecule has 0 radical (unpaired) electrons. The Labute approximate surface area is 89.0 Å². The fourth-order valence-electron chi connectivity index (χ4n) is 1.39. The van der Waals surface area contributed by atoms with E-state index in [1.165, 1.54) is 0 Å². The molecule has 0 aromatic rings. The van der Waals surface area contributed by atoms with Crippen molar-refractivity contribution in [1.82, 2.24) is 10.6 Å². The maximum atomic E-state index is 11.8. The third-order valence-corrected chi connectivity index (χ3v) is 2.15. The van der Waals surface area contributed by atoms with Crippen LogP contribution in [0.1, 0.15) is 6.42 Å². The van der Waals surface area contributed by atoms with Crippen LogP contribution in [0.2, 0.25) is 0 Å². The van der Waals surface area contributed by atoms with Crippen molar-refractivity contribution < 1.29 is 27.9 Å². The zero-order chi connectivity index (χ0) is 12.3. The molecule has 5 nitrogen and oxygen atoms in total. The molecule has 0 aromatic heterocycles. The van der Waals surface area contributed by atoms with Crippen molar-refractivity contribution in [3.8, 4) is 0 Å². The van der Waals surface area contributed by atoms with E-state index in [0.717, 1.165) is 0 Å². The summed E-state index contributed by atoms with van der Waals surface area (Å²) in [4.78, 5) is 22.4. The minimum absolute atomic E-state index is 0.149. The van der Waals surface area contributed by atoms with E-state index in [1.54, 1.807) is 5.32 Å². The molecule has 0 aromatic carbocycles. The van der Waals surface area contributed by atoms with E-state index in [0.29, 0.717) is 0 Å². The van der Waals surface area contributed by atoms with Crippen LogP contribution in [0.5, 0.6) is 0 Å². The summed E-state index contributed by atoms with van der Waals surface area (Å²) in [6.45, 7) is -1.30. The molecule has 1 heterocycles. The predicted octanol–water partition coefficient (Wildman–Crippen LogP) is -0.838. The van der Waals surface area contributed by atoms with Gasteiger partial charge in [-0.1, -0.05) is 0 Å². The number of aliphatic hydroxyl groups is 1. The number of halogens is 3. The van der Waals surface area contributed by atoms with Gasteiger partial charge < -0.3 is 15.7 Å². The number of hydrogen-bond acceptors (Lipinski definition) is 3. The van der Waals surface area contributed by atoms with Gasteiger partial charge in [0.15, 0.2) is 0 Å². The average Bonchev–Trinajstić information content (AvgIpc) is 2.13. The number of nitrogens with one attached hydrogen (secondary N) is 2. The monoisotopic (exact) mass is 240 g/mol. The Balaban J connectivity index is 2.55. The summed E-state index contributed by atoms with van der Waals surface area (Å²) in [6, 6.07) is 0. The van der Waals surface area contributed by atoms with Gasteiger partial charge >= 0.3 is 6.18 Å². The van der Waals surface area contributed by atoms with Crippen molar-refractivity contribution in [2.24, 2.45) is 5.92 Å². The lowest BCUT2D eigenvalue weighted by molar-refractivity contribution is -0.149. The first-order valence-electron chi connectivity index (χ1n) is 4.61. The highest BCUT2D eigenvalue weighted by atomic mass is 19.4. The number of aliphatic hydroxyl groups excluding tert-OH is 1. The second kappa shape index (κ2) is 4.69. The molecule has 1 aliphatic heterocycles. The molecule has 1 fully saturated rings. The summed E-state index contributed by atoms with van der Waals surface area (Å²) in [5, 5.41) is 13.2. The van der Waals surface area contributed by atoms with E-state index >= 15 is 0 Å². The van der Waals surface area contributed by atoms with Crippen LogP contribution in [0, 0.1) is 5.92 Å². The van der Waals surface area contributed by atoms with Gasteiger partial charge in [-0.15, -0.1) is 0 Å². The summed E-state index contributed by atoms with van der Waals surface area (Å²) in [7, 11) is 0. The lowest BCUT2D eigenvalue weighted by Gasteiger charge is -2.26. The number of amides is 2. The fraction of sp³-hybridized carbons (Fsp3) is 0.750. The van der Waals surface area contributed by atoms with E-state index < -0.39 is 36.6 Å². The van der Waals surface area contributed by atoms with Gasteiger partial charge in [-0.3, -0.25) is 9.59 Å². The number of rotatable bonds is 2. The first-order valence-corrected chi connectivity index (χ1v) is 4.61. The molecule has 0 bridgehead atoms. The van der Waals surface area contributed by atoms with Gasteiger partial charge in [0, 0.05) is 6.54 Å². The SMILES string of the molecule is O=C1NCCC(O)C1C(=O)NCC(F)(F)F. The number of alkyl halides is 3. The van der Waals surface area contributed by atoms with Crippen molar-refractivity contribution in [2.75, 3.05) is 13.1 Å². The molecule has 92 valence electrons. The molecule has 0 aliphatic carbocycles. The quantitative estimate of drug-likeness (QED) is 0.551. The van der Waals surface area contributed by atoms with Crippen LogP contribution in [-0.2, 0) is 9.59 Å².